The van der Waals surface area contributed by atoms with Gasteiger partial charge in [-0.15, -0.1) is 0 Å². The highest BCUT2D eigenvalue weighted by molar-refractivity contribution is 5.82. The van der Waals surface area contributed by atoms with E-state index in [1.807, 2.05) is 31.2 Å². The first-order valence-electron chi connectivity index (χ1n) is 6.23. The minimum atomic E-state index is -1.03. The van der Waals surface area contributed by atoms with Crippen LogP contribution in [-0.4, -0.2) is 23.1 Å². The molecule has 0 aromatic heterocycles. The summed E-state index contributed by atoms with van der Waals surface area (Å²) in [5, 5.41) is 14.1. The predicted molar refractivity (Wildman–Crippen MR) is 72.8 cm³/mol. The van der Waals surface area contributed by atoms with Gasteiger partial charge in [0.15, 0.2) is 0 Å². The third-order valence-corrected chi connectivity index (χ3v) is 2.92. The van der Waals surface area contributed by atoms with Crippen LogP contribution in [0.1, 0.15) is 25.0 Å². The molecule has 0 saturated carbocycles. The normalized spacial score (nSPS) is 12.0. The second kappa shape index (κ2) is 6.78. The van der Waals surface area contributed by atoms with Gasteiger partial charge in [0.2, 0.25) is 0 Å². The zero-order chi connectivity index (χ0) is 14.4. The van der Waals surface area contributed by atoms with E-state index in [1.54, 1.807) is 13.8 Å². The van der Waals surface area contributed by atoms with Gasteiger partial charge in [-0.3, -0.25) is 0 Å². The van der Waals surface area contributed by atoms with Gasteiger partial charge < -0.3 is 15.7 Å². The molecule has 0 aliphatic carbocycles. The number of aryl methyl sites for hydroxylation is 1. The van der Waals surface area contributed by atoms with E-state index >= 15 is 0 Å². The van der Waals surface area contributed by atoms with E-state index in [4.69, 9.17) is 5.11 Å². The highest BCUT2D eigenvalue weighted by atomic mass is 16.4. The lowest BCUT2D eigenvalue weighted by molar-refractivity contribution is -0.140. The molecular weight excluding hydrogens is 244 g/mol. The van der Waals surface area contributed by atoms with Crippen LogP contribution in [0.3, 0.4) is 0 Å². The molecule has 19 heavy (non-hydrogen) atoms. The van der Waals surface area contributed by atoms with Crippen molar-refractivity contribution >= 4 is 12.0 Å². The standard InChI is InChI=1S/C14H20N2O3/c1-9(2)12(13(17)18)16-14(19)15-8-11-7-5-4-6-10(11)3/h4-7,9,12H,8H2,1-3H3,(H,17,18)(H2,15,16,19). The monoisotopic (exact) mass is 264 g/mol. The number of carbonyl (C=O) groups excluding carboxylic acids is 1. The van der Waals surface area contributed by atoms with E-state index in [1.165, 1.54) is 0 Å². The molecule has 0 aliphatic heterocycles. The maximum Gasteiger partial charge on any atom is 0.326 e. The Hall–Kier alpha value is -2.04. The Balaban J connectivity index is 2.52. The molecule has 1 unspecified atom stereocenters. The molecule has 0 aliphatic rings. The van der Waals surface area contributed by atoms with Crippen molar-refractivity contribution in [3.05, 3.63) is 35.4 Å². The third-order valence-electron chi connectivity index (χ3n) is 2.92. The Labute approximate surface area is 113 Å². The average molecular weight is 264 g/mol. The molecule has 3 N–H and O–H groups in total. The molecule has 0 bridgehead atoms. The van der Waals surface area contributed by atoms with Crippen LogP contribution in [0.2, 0.25) is 0 Å². The van der Waals surface area contributed by atoms with Crippen molar-refractivity contribution in [2.24, 2.45) is 5.92 Å². The summed E-state index contributed by atoms with van der Waals surface area (Å²) in [5.41, 5.74) is 2.09. The topological polar surface area (TPSA) is 78.4 Å². The number of hydrogen-bond acceptors (Lipinski definition) is 2. The Morgan fingerprint density at radius 1 is 1.26 bits per heavy atom. The molecule has 0 fully saturated rings. The molecule has 0 saturated heterocycles. The van der Waals surface area contributed by atoms with Crippen molar-refractivity contribution in [1.29, 1.82) is 0 Å². The molecule has 2 amide bonds. The fraction of sp³-hybridized carbons (Fsp3) is 0.429. The van der Waals surface area contributed by atoms with E-state index in [0.29, 0.717) is 6.54 Å². The van der Waals surface area contributed by atoms with E-state index in [9.17, 15) is 9.59 Å². The lowest BCUT2D eigenvalue weighted by Crippen LogP contribution is -2.48. The van der Waals surface area contributed by atoms with Crippen LogP contribution in [-0.2, 0) is 11.3 Å². The molecule has 5 nitrogen and oxygen atoms in total. The van der Waals surface area contributed by atoms with Crippen LogP contribution >= 0.6 is 0 Å². The first-order chi connectivity index (χ1) is 8.91. The number of carboxylic acids is 1. The van der Waals surface area contributed by atoms with Gasteiger partial charge in [0.1, 0.15) is 6.04 Å². The summed E-state index contributed by atoms with van der Waals surface area (Å²) in [6.45, 7) is 5.84. The van der Waals surface area contributed by atoms with Crippen molar-refractivity contribution in [3.63, 3.8) is 0 Å². The number of benzene rings is 1. The van der Waals surface area contributed by atoms with Crippen LogP contribution in [0.25, 0.3) is 0 Å². The molecular formula is C14H20N2O3. The zero-order valence-corrected chi connectivity index (χ0v) is 11.4. The molecule has 0 heterocycles. The molecule has 1 aromatic carbocycles. The van der Waals surface area contributed by atoms with Gasteiger partial charge in [-0.1, -0.05) is 38.1 Å². The van der Waals surface area contributed by atoms with Gasteiger partial charge in [-0.05, 0) is 24.0 Å². The molecule has 0 spiro atoms. The maximum absolute atomic E-state index is 11.7. The quantitative estimate of drug-likeness (QED) is 0.760. The SMILES string of the molecule is Cc1ccccc1CNC(=O)NC(C(=O)O)C(C)C. The summed E-state index contributed by atoms with van der Waals surface area (Å²) in [5.74, 6) is -1.19. The van der Waals surface area contributed by atoms with Crippen molar-refractivity contribution in [2.45, 2.75) is 33.4 Å². The van der Waals surface area contributed by atoms with Crippen LogP contribution in [0.5, 0.6) is 0 Å². The average Bonchev–Trinajstić information content (AvgIpc) is 2.34. The van der Waals surface area contributed by atoms with Crippen LogP contribution in [0.15, 0.2) is 24.3 Å². The van der Waals surface area contributed by atoms with Crippen molar-refractivity contribution in [2.75, 3.05) is 0 Å². The molecule has 1 rings (SSSR count). The summed E-state index contributed by atoms with van der Waals surface area (Å²) < 4.78 is 0. The Kier molecular flexibility index (Phi) is 5.36. The lowest BCUT2D eigenvalue weighted by atomic mass is 10.1. The molecule has 1 aromatic rings. The first kappa shape index (κ1) is 15.0. The van der Waals surface area contributed by atoms with E-state index < -0.39 is 18.0 Å². The summed E-state index contributed by atoms with van der Waals surface area (Å²) >= 11 is 0. The van der Waals surface area contributed by atoms with Crippen LogP contribution in [0, 0.1) is 12.8 Å². The summed E-state index contributed by atoms with van der Waals surface area (Å²) in [7, 11) is 0. The molecule has 5 heteroatoms. The first-order valence-corrected chi connectivity index (χ1v) is 6.23. The minimum Gasteiger partial charge on any atom is -0.480 e. The van der Waals surface area contributed by atoms with Crippen LogP contribution in [0.4, 0.5) is 4.79 Å². The Morgan fingerprint density at radius 2 is 1.89 bits per heavy atom. The summed E-state index contributed by atoms with van der Waals surface area (Å²) in [6.07, 6.45) is 0. The highest BCUT2D eigenvalue weighted by Gasteiger charge is 2.23. The van der Waals surface area contributed by atoms with Crippen molar-refractivity contribution in [3.8, 4) is 0 Å². The Morgan fingerprint density at radius 3 is 2.42 bits per heavy atom. The van der Waals surface area contributed by atoms with Gasteiger partial charge in [0.25, 0.3) is 0 Å². The van der Waals surface area contributed by atoms with Gasteiger partial charge in [-0.2, -0.15) is 0 Å². The number of hydrogen-bond donors (Lipinski definition) is 3. The van der Waals surface area contributed by atoms with E-state index in [-0.39, 0.29) is 5.92 Å². The summed E-state index contributed by atoms with van der Waals surface area (Å²) in [4.78, 5) is 22.6. The maximum atomic E-state index is 11.7. The smallest absolute Gasteiger partial charge is 0.326 e. The number of nitrogens with one attached hydrogen (secondary N) is 2. The number of urea groups is 1. The number of carbonyl (C=O) groups is 2. The minimum absolute atomic E-state index is 0.165. The number of rotatable bonds is 5. The van der Waals surface area contributed by atoms with Gasteiger partial charge in [0, 0.05) is 6.54 Å². The second-order valence-electron chi connectivity index (χ2n) is 4.81. The number of amides is 2. The van der Waals surface area contributed by atoms with E-state index in [2.05, 4.69) is 10.6 Å². The van der Waals surface area contributed by atoms with Crippen molar-refractivity contribution in [1.82, 2.24) is 10.6 Å². The van der Waals surface area contributed by atoms with Gasteiger partial charge in [-0.25, -0.2) is 9.59 Å². The van der Waals surface area contributed by atoms with Gasteiger partial charge >= 0.3 is 12.0 Å². The third kappa shape index (κ3) is 4.62. The second-order valence-corrected chi connectivity index (χ2v) is 4.81. The van der Waals surface area contributed by atoms with Crippen molar-refractivity contribution < 1.29 is 14.7 Å². The number of aliphatic carboxylic acids is 1. The largest absolute Gasteiger partial charge is 0.480 e. The van der Waals surface area contributed by atoms with Gasteiger partial charge in [0.05, 0.1) is 0 Å². The Bertz CT molecular complexity index is 458. The number of carboxylic acid groups (broad SMARTS) is 1. The molecule has 0 radical (unpaired) electrons. The van der Waals surface area contributed by atoms with E-state index in [0.717, 1.165) is 11.1 Å². The van der Waals surface area contributed by atoms with Crippen LogP contribution < -0.4 is 10.6 Å². The summed E-state index contributed by atoms with van der Waals surface area (Å²) in [6, 6.07) is 6.37. The molecule has 1 atom stereocenters. The fourth-order valence-corrected chi connectivity index (χ4v) is 1.69. The highest BCUT2D eigenvalue weighted by Crippen LogP contribution is 2.06. The predicted octanol–water partition coefficient (Wildman–Crippen LogP) is 1.90. The lowest BCUT2D eigenvalue weighted by Gasteiger charge is -2.18. The zero-order valence-electron chi connectivity index (χ0n) is 11.4. The molecule has 104 valence electrons. The fourth-order valence-electron chi connectivity index (χ4n) is 1.69.